The van der Waals surface area contributed by atoms with E-state index in [0.29, 0.717) is 6.73 Å². The number of hydrogen-bond donors (Lipinski definition) is 1. The van der Waals surface area contributed by atoms with Crippen molar-refractivity contribution in [1.82, 2.24) is 5.32 Å². The van der Waals surface area contributed by atoms with Crippen molar-refractivity contribution in [3.63, 3.8) is 0 Å². The van der Waals surface area contributed by atoms with E-state index >= 15 is 0 Å². The zero-order valence-corrected chi connectivity index (χ0v) is 6.59. The van der Waals surface area contributed by atoms with Crippen LogP contribution in [0, 0.1) is 5.82 Å². The Morgan fingerprint density at radius 2 is 2.42 bits per heavy atom. The van der Waals surface area contributed by atoms with Crippen LogP contribution < -0.4 is 5.32 Å². The molecule has 3 heteroatoms. The van der Waals surface area contributed by atoms with E-state index in [0.717, 1.165) is 12.1 Å². The summed E-state index contributed by atoms with van der Waals surface area (Å²) in [6, 6.07) is 6.52. The zero-order chi connectivity index (χ0) is 8.39. The predicted octanol–water partition coefficient (Wildman–Crippen LogP) is 1.44. The lowest BCUT2D eigenvalue weighted by atomic mass is 10.1. The molecule has 0 spiro atoms. The molecule has 0 saturated carbocycles. The predicted molar refractivity (Wildman–Crippen MR) is 43.1 cm³/mol. The van der Waals surface area contributed by atoms with Gasteiger partial charge >= 0.3 is 0 Å². The summed E-state index contributed by atoms with van der Waals surface area (Å²) < 4.78 is 18.1. The van der Waals surface area contributed by atoms with E-state index < -0.39 is 0 Å². The smallest absolute Gasteiger partial charge is 0.123 e. The van der Waals surface area contributed by atoms with Crippen LogP contribution in [0.4, 0.5) is 4.39 Å². The highest BCUT2D eigenvalue weighted by molar-refractivity contribution is 5.19. The van der Waals surface area contributed by atoms with Crippen LogP contribution in [-0.2, 0) is 4.74 Å². The molecule has 1 heterocycles. The Morgan fingerprint density at radius 3 is 3.08 bits per heavy atom. The van der Waals surface area contributed by atoms with Crippen molar-refractivity contribution in [3.05, 3.63) is 35.6 Å². The fourth-order valence-corrected chi connectivity index (χ4v) is 1.33. The van der Waals surface area contributed by atoms with Gasteiger partial charge in [0.1, 0.15) is 5.82 Å². The third kappa shape index (κ3) is 1.47. The second-order valence-corrected chi connectivity index (χ2v) is 2.81. The fraction of sp³-hybridized carbons (Fsp3) is 0.333. The van der Waals surface area contributed by atoms with Crippen molar-refractivity contribution in [2.45, 2.75) is 6.10 Å². The molecule has 1 saturated heterocycles. The average Bonchev–Trinajstić information content (AvgIpc) is 2.56. The van der Waals surface area contributed by atoms with Crippen molar-refractivity contribution < 1.29 is 9.13 Å². The molecular formula is C9H10FNO. The first-order chi connectivity index (χ1) is 5.86. The first-order valence-corrected chi connectivity index (χ1v) is 3.94. The number of rotatable bonds is 1. The molecule has 12 heavy (non-hydrogen) atoms. The van der Waals surface area contributed by atoms with E-state index in [1.54, 1.807) is 6.07 Å². The number of benzene rings is 1. The van der Waals surface area contributed by atoms with Gasteiger partial charge in [-0.3, -0.25) is 5.32 Å². The van der Waals surface area contributed by atoms with Crippen LogP contribution in [0.1, 0.15) is 11.7 Å². The van der Waals surface area contributed by atoms with Crippen LogP contribution >= 0.6 is 0 Å². The highest BCUT2D eigenvalue weighted by atomic mass is 19.1. The lowest BCUT2D eigenvalue weighted by Gasteiger charge is -2.07. The molecule has 0 amide bonds. The molecule has 0 radical (unpaired) electrons. The summed E-state index contributed by atoms with van der Waals surface area (Å²) in [5.74, 6) is -0.206. The molecule has 0 aromatic heterocycles. The van der Waals surface area contributed by atoms with E-state index in [2.05, 4.69) is 5.32 Å². The molecule has 1 fully saturated rings. The second kappa shape index (κ2) is 3.21. The molecule has 0 bridgehead atoms. The molecule has 1 unspecified atom stereocenters. The molecule has 0 aliphatic carbocycles. The van der Waals surface area contributed by atoms with Gasteiger partial charge in [-0.2, -0.15) is 0 Å². The molecule has 1 N–H and O–H groups in total. The van der Waals surface area contributed by atoms with E-state index in [4.69, 9.17) is 4.74 Å². The molecule has 1 aliphatic rings. The first kappa shape index (κ1) is 7.71. The van der Waals surface area contributed by atoms with E-state index in [9.17, 15) is 4.39 Å². The summed E-state index contributed by atoms with van der Waals surface area (Å²) in [5.41, 5.74) is 0.903. The van der Waals surface area contributed by atoms with Crippen LogP contribution in [0.5, 0.6) is 0 Å². The van der Waals surface area contributed by atoms with Gasteiger partial charge in [0.2, 0.25) is 0 Å². The van der Waals surface area contributed by atoms with Gasteiger partial charge < -0.3 is 4.74 Å². The summed E-state index contributed by atoms with van der Waals surface area (Å²) in [7, 11) is 0. The van der Waals surface area contributed by atoms with Crippen molar-refractivity contribution in [2.24, 2.45) is 0 Å². The Balaban J connectivity index is 2.21. The minimum atomic E-state index is -0.206. The second-order valence-electron chi connectivity index (χ2n) is 2.81. The summed E-state index contributed by atoms with van der Waals surface area (Å²) in [5, 5.41) is 3.05. The quantitative estimate of drug-likeness (QED) is 0.683. The van der Waals surface area contributed by atoms with Crippen LogP contribution in [-0.4, -0.2) is 13.3 Å². The monoisotopic (exact) mass is 167 g/mol. The van der Waals surface area contributed by atoms with E-state index in [1.807, 2.05) is 6.07 Å². The molecule has 2 rings (SSSR count). The molecule has 1 atom stereocenters. The lowest BCUT2D eigenvalue weighted by Crippen LogP contribution is -2.07. The van der Waals surface area contributed by atoms with Gasteiger partial charge in [0.25, 0.3) is 0 Å². The number of hydrogen-bond acceptors (Lipinski definition) is 2. The molecule has 1 aliphatic heterocycles. The standard InChI is InChI=1S/C9H10FNO/c10-8-3-1-2-7(4-8)9-5-11-6-12-9/h1-4,9,11H,5-6H2. The third-order valence-electron chi connectivity index (χ3n) is 1.94. The summed E-state index contributed by atoms with van der Waals surface area (Å²) in [6.07, 6.45) is 0.0145. The van der Waals surface area contributed by atoms with Gasteiger partial charge in [0.15, 0.2) is 0 Å². The van der Waals surface area contributed by atoms with Gasteiger partial charge in [-0.25, -0.2) is 4.39 Å². The molecule has 1 aromatic carbocycles. The number of nitrogens with one attached hydrogen (secondary N) is 1. The fourth-order valence-electron chi connectivity index (χ4n) is 1.33. The van der Waals surface area contributed by atoms with Gasteiger partial charge in [-0.15, -0.1) is 0 Å². The normalized spacial score (nSPS) is 22.9. The zero-order valence-electron chi connectivity index (χ0n) is 6.59. The topological polar surface area (TPSA) is 21.3 Å². The summed E-state index contributed by atoms with van der Waals surface area (Å²) in [6.45, 7) is 1.32. The van der Waals surface area contributed by atoms with Crippen molar-refractivity contribution in [3.8, 4) is 0 Å². The maximum absolute atomic E-state index is 12.7. The average molecular weight is 167 g/mol. The SMILES string of the molecule is Fc1cccc(C2CNCO2)c1. The highest BCUT2D eigenvalue weighted by Crippen LogP contribution is 2.19. The minimum Gasteiger partial charge on any atom is -0.357 e. The van der Waals surface area contributed by atoms with Crippen molar-refractivity contribution in [1.29, 1.82) is 0 Å². The highest BCUT2D eigenvalue weighted by Gasteiger charge is 2.16. The van der Waals surface area contributed by atoms with E-state index in [1.165, 1.54) is 12.1 Å². The lowest BCUT2D eigenvalue weighted by molar-refractivity contribution is 0.114. The third-order valence-corrected chi connectivity index (χ3v) is 1.94. The molecule has 1 aromatic rings. The number of halogens is 1. The first-order valence-electron chi connectivity index (χ1n) is 3.94. The maximum atomic E-state index is 12.7. The van der Waals surface area contributed by atoms with Crippen LogP contribution in [0.3, 0.4) is 0 Å². The largest absolute Gasteiger partial charge is 0.357 e. The van der Waals surface area contributed by atoms with E-state index in [-0.39, 0.29) is 11.9 Å². The van der Waals surface area contributed by atoms with Crippen LogP contribution in [0.25, 0.3) is 0 Å². The Morgan fingerprint density at radius 1 is 1.50 bits per heavy atom. The van der Waals surface area contributed by atoms with Gasteiger partial charge in [0.05, 0.1) is 12.8 Å². The molecule has 2 nitrogen and oxygen atoms in total. The Kier molecular flexibility index (Phi) is 2.06. The minimum absolute atomic E-state index is 0.0145. The van der Waals surface area contributed by atoms with Gasteiger partial charge in [0, 0.05) is 6.54 Å². The molecule has 64 valence electrons. The van der Waals surface area contributed by atoms with Crippen molar-refractivity contribution >= 4 is 0 Å². The Hall–Kier alpha value is -0.930. The maximum Gasteiger partial charge on any atom is 0.123 e. The van der Waals surface area contributed by atoms with Gasteiger partial charge in [-0.05, 0) is 17.7 Å². The van der Waals surface area contributed by atoms with Crippen molar-refractivity contribution in [2.75, 3.05) is 13.3 Å². The Bertz CT molecular complexity index is 271. The number of ether oxygens (including phenoxy) is 1. The van der Waals surface area contributed by atoms with Crippen LogP contribution in [0.2, 0.25) is 0 Å². The molecular weight excluding hydrogens is 157 g/mol. The summed E-state index contributed by atoms with van der Waals surface area (Å²) in [4.78, 5) is 0. The van der Waals surface area contributed by atoms with Crippen LogP contribution in [0.15, 0.2) is 24.3 Å². The summed E-state index contributed by atoms with van der Waals surface area (Å²) >= 11 is 0. The van der Waals surface area contributed by atoms with Gasteiger partial charge in [-0.1, -0.05) is 12.1 Å². The Labute approximate surface area is 70.3 Å².